The molecule has 1 aromatic rings. The molecule has 8 heteroatoms. The molecule has 0 aliphatic heterocycles. The summed E-state index contributed by atoms with van der Waals surface area (Å²) >= 11 is 0. The minimum atomic E-state index is -1.23. The largest absolute Gasteiger partial charge is 0.480 e. The highest BCUT2D eigenvalue weighted by Gasteiger charge is 2.23. The number of non-ortho nitro benzene ring substituents is 1. The van der Waals surface area contributed by atoms with Crippen molar-refractivity contribution in [2.75, 3.05) is 0 Å². The molecule has 1 atom stereocenters. The van der Waals surface area contributed by atoms with E-state index >= 15 is 0 Å². The van der Waals surface area contributed by atoms with E-state index < -0.39 is 39.9 Å². The molecular weight excluding hydrogens is 283 g/mol. The lowest BCUT2D eigenvalue weighted by molar-refractivity contribution is -0.384. The molecule has 0 heterocycles. The minimum Gasteiger partial charge on any atom is -0.480 e. The van der Waals surface area contributed by atoms with Gasteiger partial charge in [-0.05, 0) is 12.5 Å². The summed E-state index contributed by atoms with van der Waals surface area (Å²) in [5.74, 6) is -3.17. The summed E-state index contributed by atoms with van der Waals surface area (Å²) in [6.45, 7) is 1.86. The fourth-order valence-corrected chi connectivity index (χ4v) is 1.70. The second-order valence-electron chi connectivity index (χ2n) is 4.43. The quantitative estimate of drug-likeness (QED) is 0.591. The van der Waals surface area contributed by atoms with E-state index in [4.69, 9.17) is 5.11 Å². The number of aliphatic carboxylic acids is 1. The van der Waals surface area contributed by atoms with Crippen molar-refractivity contribution in [1.82, 2.24) is 5.32 Å². The number of hydrogen-bond donors (Lipinski definition) is 2. The number of carbonyl (C=O) groups excluding carboxylic acids is 1. The molecule has 114 valence electrons. The minimum absolute atomic E-state index is 0.202. The molecule has 0 aromatic heterocycles. The molecule has 0 aliphatic carbocycles. The van der Waals surface area contributed by atoms with Gasteiger partial charge in [-0.2, -0.15) is 0 Å². The molecule has 0 spiro atoms. The Labute approximate surface area is 119 Å². The van der Waals surface area contributed by atoms with Crippen molar-refractivity contribution in [3.63, 3.8) is 0 Å². The Kier molecular flexibility index (Phi) is 5.77. The number of nitro benzene ring substituents is 1. The number of nitrogens with zero attached hydrogens (tertiary/aromatic N) is 1. The Hall–Kier alpha value is -2.51. The van der Waals surface area contributed by atoms with Crippen molar-refractivity contribution in [2.24, 2.45) is 0 Å². The van der Waals surface area contributed by atoms with Gasteiger partial charge < -0.3 is 10.4 Å². The third-order valence-electron chi connectivity index (χ3n) is 2.86. The first-order valence-corrected chi connectivity index (χ1v) is 6.34. The van der Waals surface area contributed by atoms with Crippen molar-refractivity contribution >= 4 is 17.6 Å². The van der Waals surface area contributed by atoms with Crippen LogP contribution in [0.3, 0.4) is 0 Å². The number of amides is 1. The fourth-order valence-electron chi connectivity index (χ4n) is 1.70. The number of nitro groups is 1. The maximum Gasteiger partial charge on any atom is 0.326 e. The van der Waals surface area contributed by atoms with Gasteiger partial charge in [-0.1, -0.05) is 19.8 Å². The van der Waals surface area contributed by atoms with E-state index in [9.17, 15) is 24.1 Å². The molecule has 0 saturated heterocycles. The number of benzene rings is 1. The Balaban J connectivity index is 2.94. The van der Waals surface area contributed by atoms with Gasteiger partial charge >= 0.3 is 5.97 Å². The number of carboxylic acid groups (broad SMARTS) is 1. The second kappa shape index (κ2) is 7.32. The zero-order valence-corrected chi connectivity index (χ0v) is 11.3. The molecule has 0 saturated carbocycles. The lowest BCUT2D eigenvalue weighted by Gasteiger charge is -2.14. The number of nitrogens with one attached hydrogen (secondary N) is 1. The normalized spacial score (nSPS) is 11.7. The van der Waals surface area contributed by atoms with E-state index in [1.807, 2.05) is 6.92 Å². The van der Waals surface area contributed by atoms with E-state index in [0.717, 1.165) is 24.6 Å². The zero-order valence-electron chi connectivity index (χ0n) is 11.3. The van der Waals surface area contributed by atoms with Crippen molar-refractivity contribution in [2.45, 2.75) is 32.2 Å². The number of unbranched alkanes of at least 4 members (excludes halogenated alkanes) is 1. The van der Waals surface area contributed by atoms with Crippen LogP contribution < -0.4 is 5.32 Å². The predicted molar refractivity (Wildman–Crippen MR) is 71.5 cm³/mol. The molecule has 1 aromatic carbocycles. The van der Waals surface area contributed by atoms with Gasteiger partial charge in [-0.3, -0.25) is 14.9 Å². The van der Waals surface area contributed by atoms with Crippen LogP contribution in [-0.2, 0) is 4.79 Å². The van der Waals surface area contributed by atoms with Gasteiger partial charge in [0.15, 0.2) is 0 Å². The number of carbonyl (C=O) groups is 2. The van der Waals surface area contributed by atoms with E-state index in [2.05, 4.69) is 5.32 Å². The average molecular weight is 298 g/mol. The Morgan fingerprint density at radius 1 is 1.48 bits per heavy atom. The number of hydrogen-bond acceptors (Lipinski definition) is 4. The van der Waals surface area contributed by atoms with Gasteiger partial charge in [-0.15, -0.1) is 0 Å². The van der Waals surface area contributed by atoms with Gasteiger partial charge in [0.05, 0.1) is 10.5 Å². The molecule has 21 heavy (non-hydrogen) atoms. The fraction of sp³-hybridized carbons (Fsp3) is 0.385. The molecule has 0 aliphatic rings. The van der Waals surface area contributed by atoms with Crippen molar-refractivity contribution in [1.29, 1.82) is 0 Å². The highest BCUT2D eigenvalue weighted by molar-refractivity contribution is 5.97. The van der Waals surface area contributed by atoms with Crippen LogP contribution in [0.25, 0.3) is 0 Å². The van der Waals surface area contributed by atoms with Crippen LogP contribution in [0.5, 0.6) is 0 Å². The molecular formula is C13H15FN2O5. The maximum atomic E-state index is 13.6. The number of carboxylic acids is 1. The highest BCUT2D eigenvalue weighted by atomic mass is 19.1. The van der Waals surface area contributed by atoms with Gasteiger partial charge in [0.2, 0.25) is 0 Å². The van der Waals surface area contributed by atoms with Crippen LogP contribution in [0.1, 0.15) is 36.5 Å². The van der Waals surface area contributed by atoms with Crippen molar-refractivity contribution in [3.05, 3.63) is 39.7 Å². The summed E-state index contributed by atoms with van der Waals surface area (Å²) < 4.78 is 13.6. The zero-order chi connectivity index (χ0) is 16.0. The standard InChI is InChI=1S/C13H15FN2O5/c1-2-3-4-11(13(18)19)15-12(17)9-7-8(16(20)21)5-6-10(9)14/h5-7,11H,2-4H2,1H3,(H,15,17)(H,18,19). The summed E-state index contributed by atoms with van der Waals surface area (Å²) in [5.41, 5.74) is -0.992. The first kappa shape index (κ1) is 16.5. The van der Waals surface area contributed by atoms with Gasteiger partial charge in [0, 0.05) is 12.1 Å². The Bertz CT molecular complexity index is 561. The first-order valence-electron chi connectivity index (χ1n) is 6.34. The lowest BCUT2D eigenvalue weighted by Crippen LogP contribution is -2.41. The van der Waals surface area contributed by atoms with E-state index in [1.54, 1.807) is 0 Å². The summed E-state index contributed by atoms with van der Waals surface area (Å²) in [6, 6.07) is 1.35. The molecule has 1 amide bonds. The summed E-state index contributed by atoms with van der Waals surface area (Å²) in [4.78, 5) is 32.8. The monoisotopic (exact) mass is 298 g/mol. The molecule has 2 N–H and O–H groups in total. The van der Waals surface area contributed by atoms with Crippen molar-refractivity contribution < 1.29 is 24.0 Å². The van der Waals surface area contributed by atoms with Crippen LogP contribution in [0, 0.1) is 15.9 Å². The van der Waals surface area contributed by atoms with Crippen LogP contribution in [-0.4, -0.2) is 27.9 Å². The smallest absolute Gasteiger partial charge is 0.326 e. The molecule has 0 bridgehead atoms. The molecule has 0 radical (unpaired) electrons. The second-order valence-corrected chi connectivity index (χ2v) is 4.43. The van der Waals surface area contributed by atoms with Crippen molar-refractivity contribution in [3.8, 4) is 0 Å². The van der Waals surface area contributed by atoms with E-state index in [1.165, 1.54) is 0 Å². The third kappa shape index (κ3) is 4.51. The number of halogens is 1. The Morgan fingerprint density at radius 2 is 2.14 bits per heavy atom. The first-order chi connectivity index (χ1) is 9.86. The van der Waals surface area contributed by atoms with Gasteiger partial charge in [0.1, 0.15) is 11.9 Å². The molecule has 1 rings (SSSR count). The van der Waals surface area contributed by atoms with E-state index in [0.29, 0.717) is 6.42 Å². The Morgan fingerprint density at radius 3 is 2.67 bits per heavy atom. The molecule has 1 unspecified atom stereocenters. The summed E-state index contributed by atoms with van der Waals surface area (Å²) in [5, 5.41) is 21.8. The summed E-state index contributed by atoms with van der Waals surface area (Å²) in [6.07, 6.45) is 1.52. The maximum absolute atomic E-state index is 13.6. The molecule has 7 nitrogen and oxygen atoms in total. The van der Waals surface area contributed by atoms with Crippen LogP contribution >= 0.6 is 0 Å². The van der Waals surface area contributed by atoms with Crippen LogP contribution in [0.15, 0.2) is 18.2 Å². The van der Waals surface area contributed by atoms with Gasteiger partial charge in [-0.25, -0.2) is 9.18 Å². The summed E-state index contributed by atoms with van der Waals surface area (Å²) in [7, 11) is 0. The van der Waals surface area contributed by atoms with Crippen LogP contribution in [0.2, 0.25) is 0 Å². The average Bonchev–Trinajstić information content (AvgIpc) is 2.42. The SMILES string of the molecule is CCCCC(NC(=O)c1cc([N+](=O)[O-])ccc1F)C(=O)O. The molecule has 0 fully saturated rings. The predicted octanol–water partition coefficient (Wildman–Crippen LogP) is 2.11. The number of rotatable bonds is 7. The highest BCUT2D eigenvalue weighted by Crippen LogP contribution is 2.17. The third-order valence-corrected chi connectivity index (χ3v) is 2.86. The van der Waals surface area contributed by atoms with E-state index in [-0.39, 0.29) is 6.42 Å². The van der Waals surface area contributed by atoms with Gasteiger partial charge in [0.25, 0.3) is 11.6 Å². The topological polar surface area (TPSA) is 110 Å². The lowest BCUT2D eigenvalue weighted by atomic mass is 10.1. The van der Waals surface area contributed by atoms with Crippen LogP contribution in [0.4, 0.5) is 10.1 Å².